The van der Waals surface area contributed by atoms with E-state index in [1.54, 1.807) is 36.1 Å². The predicted molar refractivity (Wildman–Crippen MR) is 109 cm³/mol. The number of aliphatic hydroxyl groups excluding tert-OH is 1. The number of hydrogen-bond donors (Lipinski definition) is 3. The van der Waals surface area contributed by atoms with Gasteiger partial charge in [-0.25, -0.2) is 9.78 Å². The average molecular weight is 431 g/mol. The quantitative estimate of drug-likeness (QED) is 0.546. The van der Waals surface area contributed by atoms with Crippen molar-refractivity contribution in [2.45, 2.75) is 25.4 Å². The summed E-state index contributed by atoms with van der Waals surface area (Å²) in [5, 5.41) is 19.2. The normalized spacial score (nSPS) is 15.5. The monoisotopic (exact) mass is 431 g/mol. The van der Waals surface area contributed by atoms with Crippen LogP contribution in [0.2, 0.25) is 0 Å². The lowest BCUT2D eigenvalue weighted by Crippen LogP contribution is -2.48. The lowest BCUT2D eigenvalue weighted by Gasteiger charge is -2.40. The van der Waals surface area contributed by atoms with Gasteiger partial charge in [-0.1, -0.05) is 18.2 Å². The molecule has 2 heterocycles. The van der Waals surface area contributed by atoms with Gasteiger partial charge in [-0.3, -0.25) is 9.59 Å². The number of carbonyl (C=O) groups is 2. The zero-order valence-corrected chi connectivity index (χ0v) is 17.2. The van der Waals surface area contributed by atoms with Crippen molar-refractivity contribution in [1.29, 1.82) is 0 Å². The smallest absolute Gasteiger partial charge is 0.361 e. The molecular weight excluding hydrogens is 406 g/mol. The third-order valence-electron chi connectivity index (χ3n) is 5.14. The minimum Gasteiger partial charge on any atom is -0.501 e. The second-order valence-corrected chi connectivity index (χ2v) is 7.06. The highest BCUT2D eigenvalue weighted by molar-refractivity contribution is 5.94. The van der Waals surface area contributed by atoms with Crippen LogP contribution in [0.5, 0.6) is 5.75 Å². The van der Waals surface area contributed by atoms with Crippen LogP contribution in [0, 0.1) is 0 Å². The number of aromatic nitrogens is 2. The van der Waals surface area contributed by atoms with Crippen LogP contribution in [0.3, 0.4) is 0 Å². The molecule has 2 aromatic rings. The van der Waals surface area contributed by atoms with Gasteiger partial charge >= 0.3 is 5.97 Å². The van der Waals surface area contributed by atoms with E-state index in [1.165, 1.54) is 0 Å². The number of aromatic hydroxyl groups is 1. The number of likely N-dealkylation sites (tertiary alicyclic amines) is 1. The van der Waals surface area contributed by atoms with E-state index in [9.17, 15) is 24.6 Å². The SMILES string of the molecule is CCOC(=O)c1nc(C2(OCCO)CCN(C(=O)c3ccccc3)CC2)[nH]c(=O)c1O. The summed E-state index contributed by atoms with van der Waals surface area (Å²) in [5.74, 6) is -1.85. The molecule has 1 amide bonds. The number of aliphatic hydroxyl groups is 1. The van der Waals surface area contributed by atoms with Gasteiger partial charge in [0, 0.05) is 31.5 Å². The summed E-state index contributed by atoms with van der Waals surface area (Å²) in [7, 11) is 0. The number of amides is 1. The van der Waals surface area contributed by atoms with Crippen molar-refractivity contribution in [2.24, 2.45) is 0 Å². The van der Waals surface area contributed by atoms with Crippen LogP contribution in [-0.2, 0) is 15.1 Å². The van der Waals surface area contributed by atoms with Crippen molar-refractivity contribution in [2.75, 3.05) is 32.9 Å². The first-order valence-electron chi connectivity index (χ1n) is 10.0. The highest BCUT2D eigenvalue weighted by atomic mass is 16.5. The Balaban J connectivity index is 1.90. The first kappa shape index (κ1) is 22.4. The Labute approximate surface area is 178 Å². The molecule has 166 valence electrons. The van der Waals surface area contributed by atoms with Gasteiger partial charge in [-0.05, 0) is 19.1 Å². The number of benzene rings is 1. The standard InChI is InChI=1S/C21H25N3O7/c1-2-30-19(29)15-16(26)17(27)23-20(22-15)21(31-13-12-25)8-10-24(11-9-21)18(28)14-6-4-3-5-7-14/h3-7,25-26H,2,8-13H2,1H3,(H,22,23,27). The molecule has 1 aromatic carbocycles. The van der Waals surface area contributed by atoms with E-state index in [0.29, 0.717) is 18.7 Å². The minimum atomic E-state index is -1.15. The molecule has 0 radical (unpaired) electrons. The Morgan fingerprint density at radius 1 is 1.23 bits per heavy atom. The molecule has 10 nitrogen and oxygen atoms in total. The number of aromatic amines is 1. The van der Waals surface area contributed by atoms with E-state index in [4.69, 9.17) is 9.47 Å². The van der Waals surface area contributed by atoms with E-state index >= 15 is 0 Å². The van der Waals surface area contributed by atoms with Crippen molar-refractivity contribution in [3.63, 3.8) is 0 Å². The fraction of sp³-hybridized carbons (Fsp3) is 0.429. The van der Waals surface area contributed by atoms with Crippen LogP contribution in [0.1, 0.15) is 46.4 Å². The summed E-state index contributed by atoms with van der Waals surface area (Å²) < 4.78 is 10.7. The largest absolute Gasteiger partial charge is 0.501 e. The van der Waals surface area contributed by atoms with E-state index < -0.39 is 28.6 Å². The molecule has 0 bridgehead atoms. The van der Waals surface area contributed by atoms with Crippen LogP contribution < -0.4 is 5.56 Å². The van der Waals surface area contributed by atoms with Crippen LogP contribution in [0.4, 0.5) is 0 Å². The maximum absolute atomic E-state index is 12.8. The Morgan fingerprint density at radius 3 is 2.52 bits per heavy atom. The average Bonchev–Trinajstić information content (AvgIpc) is 2.80. The third kappa shape index (κ3) is 4.75. The molecule has 3 rings (SSSR count). The minimum absolute atomic E-state index is 0.0358. The highest BCUT2D eigenvalue weighted by Crippen LogP contribution is 2.35. The van der Waals surface area contributed by atoms with E-state index in [-0.39, 0.29) is 44.4 Å². The second-order valence-electron chi connectivity index (χ2n) is 7.06. The molecule has 10 heteroatoms. The number of ether oxygens (including phenoxy) is 2. The number of piperidine rings is 1. The zero-order valence-electron chi connectivity index (χ0n) is 17.2. The molecule has 31 heavy (non-hydrogen) atoms. The van der Waals surface area contributed by atoms with Crippen LogP contribution in [0.25, 0.3) is 0 Å². The number of hydrogen-bond acceptors (Lipinski definition) is 8. The highest BCUT2D eigenvalue weighted by Gasteiger charge is 2.42. The molecule has 1 fully saturated rings. The van der Waals surface area contributed by atoms with Gasteiger partial charge in [-0.15, -0.1) is 0 Å². The number of nitrogens with zero attached hydrogens (tertiary/aromatic N) is 2. The second kappa shape index (κ2) is 9.71. The summed E-state index contributed by atoms with van der Waals surface area (Å²) >= 11 is 0. The molecule has 1 aliphatic heterocycles. The van der Waals surface area contributed by atoms with Gasteiger partial charge in [0.15, 0.2) is 5.69 Å². The molecule has 1 aliphatic rings. The van der Waals surface area contributed by atoms with Crippen LogP contribution in [-0.4, -0.2) is 69.9 Å². The lowest BCUT2D eigenvalue weighted by molar-refractivity contribution is -0.0999. The fourth-order valence-electron chi connectivity index (χ4n) is 3.55. The molecule has 1 saturated heterocycles. The lowest BCUT2D eigenvalue weighted by atomic mass is 9.89. The van der Waals surface area contributed by atoms with Crippen molar-refractivity contribution in [3.8, 4) is 5.75 Å². The molecular formula is C21H25N3O7. The third-order valence-corrected chi connectivity index (χ3v) is 5.14. The Hall–Kier alpha value is -3.24. The summed E-state index contributed by atoms with van der Waals surface area (Å²) in [4.78, 5) is 45.4. The topological polar surface area (TPSA) is 142 Å². The van der Waals surface area contributed by atoms with Gasteiger partial charge in [0.1, 0.15) is 11.4 Å². The first-order chi connectivity index (χ1) is 14.9. The predicted octanol–water partition coefficient (Wildman–Crippen LogP) is 0.793. The molecule has 0 spiro atoms. The number of carbonyl (C=O) groups excluding carboxylic acids is 2. The van der Waals surface area contributed by atoms with E-state index in [0.717, 1.165) is 0 Å². The van der Waals surface area contributed by atoms with E-state index in [1.807, 2.05) is 6.07 Å². The summed E-state index contributed by atoms with van der Waals surface area (Å²) in [6.45, 7) is 1.95. The molecule has 3 N–H and O–H groups in total. The fourth-order valence-corrected chi connectivity index (χ4v) is 3.55. The van der Waals surface area contributed by atoms with Crippen molar-refractivity contribution in [1.82, 2.24) is 14.9 Å². The van der Waals surface area contributed by atoms with Gasteiger partial charge in [0.05, 0.1) is 19.8 Å². The molecule has 0 unspecified atom stereocenters. The molecule has 1 aromatic heterocycles. The Bertz CT molecular complexity index is 982. The Morgan fingerprint density at radius 2 is 1.90 bits per heavy atom. The Kier molecular flexibility index (Phi) is 7.03. The maximum Gasteiger partial charge on any atom is 0.361 e. The van der Waals surface area contributed by atoms with Gasteiger partial charge in [-0.2, -0.15) is 0 Å². The maximum atomic E-state index is 12.8. The number of esters is 1. The zero-order chi connectivity index (χ0) is 22.4. The van der Waals surface area contributed by atoms with Crippen molar-refractivity contribution >= 4 is 11.9 Å². The van der Waals surface area contributed by atoms with Gasteiger partial charge < -0.3 is 29.6 Å². The van der Waals surface area contributed by atoms with E-state index in [2.05, 4.69) is 9.97 Å². The van der Waals surface area contributed by atoms with Crippen LogP contribution in [0.15, 0.2) is 35.1 Å². The summed E-state index contributed by atoms with van der Waals surface area (Å²) in [5.41, 5.74) is -1.99. The number of nitrogens with one attached hydrogen (secondary N) is 1. The summed E-state index contributed by atoms with van der Waals surface area (Å²) in [6, 6.07) is 8.87. The molecule has 0 atom stereocenters. The van der Waals surface area contributed by atoms with Gasteiger partial charge in [0.2, 0.25) is 5.75 Å². The van der Waals surface area contributed by atoms with Crippen molar-refractivity contribution in [3.05, 3.63) is 57.8 Å². The number of H-pyrrole nitrogens is 1. The van der Waals surface area contributed by atoms with Crippen molar-refractivity contribution < 1.29 is 29.3 Å². The first-order valence-corrected chi connectivity index (χ1v) is 10.0. The van der Waals surface area contributed by atoms with Gasteiger partial charge in [0.25, 0.3) is 11.5 Å². The number of rotatable bonds is 7. The van der Waals surface area contributed by atoms with Crippen LogP contribution >= 0.6 is 0 Å². The summed E-state index contributed by atoms with van der Waals surface area (Å²) in [6.07, 6.45) is 0.531. The molecule has 0 saturated carbocycles. The molecule has 0 aliphatic carbocycles.